The van der Waals surface area contributed by atoms with Crippen molar-refractivity contribution >= 4 is 34.5 Å². The topological polar surface area (TPSA) is 83.9 Å². The lowest BCUT2D eigenvalue weighted by Gasteiger charge is -2.37. The molecule has 8 heteroatoms. The Balaban J connectivity index is 1.51. The Bertz CT molecular complexity index is 1500. The summed E-state index contributed by atoms with van der Waals surface area (Å²) < 4.78 is 5.61. The highest BCUT2D eigenvalue weighted by Crippen LogP contribution is 2.47. The van der Waals surface area contributed by atoms with Crippen molar-refractivity contribution in [1.29, 1.82) is 0 Å². The van der Waals surface area contributed by atoms with E-state index in [1.54, 1.807) is 13.1 Å². The third kappa shape index (κ3) is 5.87. The van der Waals surface area contributed by atoms with Crippen LogP contribution in [0.15, 0.2) is 94.6 Å². The highest BCUT2D eigenvalue weighted by Gasteiger charge is 2.42. The molecule has 1 unspecified atom stereocenters. The lowest BCUT2D eigenvalue weighted by molar-refractivity contribution is -0.139. The Morgan fingerprint density at radius 1 is 1.05 bits per heavy atom. The van der Waals surface area contributed by atoms with Crippen LogP contribution in [0.3, 0.4) is 0 Å². The van der Waals surface area contributed by atoms with Crippen LogP contribution in [0.5, 0.6) is 0 Å². The third-order valence-electron chi connectivity index (χ3n) is 6.85. The molecule has 7 nitrogen and oxygen atoms in total. The molecule has 0 spiro atoms. The van der Waals surface area contributed by atoms with Gasteiger partial charge in [0.25, 0.3) is 0 Å². The molecular formula is C32H32N4O3S. The van der Waals surface area contributed by atoms with E-state index in [1.165, 1.54) is 11.8 Å². The molecule has 0 bridgehead atoms. The summed E-state index contributed by atoms with van der Waals surface area (Å²) in [5.74, 6) is -0.509. The van der Waals surface area contributed by atoms with Gasteiger partial charge in [0, 0.05) is 36.1 Å². The molecule has 0 aliphatic carbocycles. The number of aliphatic imine (C=N–C) groups is 1. The number of amides is 1. The summed E-state index contributed by atoms with van der Waals surface area (Å²) in [6.45, 7) is 6.62. The van der Waals surface area contributed by atoms with Crippen LogP contribution in [0.25, 0.3) is 5.70 Å². The fraction of sp³-hybridized carbons (Fsp3) is 0.250. The number of carbonyl (C=O) groups excluding carboxylic acids is 2. The van der Waals surface area contributed by atoms with Crippen LogP contribution >= 0.6 is 11.8 Å². The quantitative estimate of drug-likeness (QED) is 0.342. The minimum absolute atomic E-state index is 0.0979. The van der Waals surface area contributed by atoms with Crippen molar-refractivity contribution in [1.82, 2.24) is 15.2 Å². The van der Waals surface area contributed by atoms with Crippen molar-refractivity contribution in [3.8, 4) is 0 Å². The summed E-state index contributed by atoms with van der Waals surface area (Å²) in [6.07, 6.45) is 2.56. The molecule has 2 aliphatic heterocycles. The van der Waals surface area contributed by atoms with Gasteiger partial charge in [0.15, 0.2) is 5.17 Å². The first-order valence-corrected chi connectivity index (χ1v) is 14.3. The number of thioether (sulfide) groups is 1. The van der Waals surface area contributed by atoms with Crippen molar-refractivity contribution < 1.29 is 14.3 Å². The Kier molecular flexibility index (Phi) is 8.45. The zero-order valence-corrected chi connectivity index (χ0v) is 23.7. The van der Waals surface area contributed by atoms with Gasteiger partial charge in [-0.3, -0.25) is 9.78 Å². The smallest absolute Gasteiger partial charge is 0.338 e. The number of ether oxygens (including phenoxy) is 1. The Labute approximate surface area is 239 Å². The molecule has 0 saturated heterocycles. The number of esters is 1. The van der Waals surface area contributed by atoms with Crippen molar-refractivity contribution in [3.63, 3.8) is 0 Å². The van der Waals surface area contributed by atoms with Crippen molar-refractivity contribution in [3.05, 3.63) is 118 Å². The fourth-order valence-corrected chi connectivity index (χ4v) is 5.86. The minimum Gasteiger partial charge on any atom is -0.463 e. The number of amidine groups is 1. The molecule has 204 valence electrons. The zero-order chi connectivity index (χ0) is 28.1. The Hall–Kier alpha value is -4.17. The predicted octanol–water partition coefficient (Wildman–Crippen LogP) is 5.72. The second kappa shape index (κ2) is 12.3. The van der Waals surface area contributed by atoms with Crippen LogP contribution in [0, 0.1) is 13.8 Å². The monoisotopic (exact) mass is 552 g/mol. The van der Waals surface area contributed by atoms with E-state index >= 15 is 0 Å². The van der Waals surface area contributed by atoms with Crippen LogP contribution < -0.4 is 5.32 Å². The number of aryl methyl sites for hydroxylation is 2. The van der Waals surface area contributed by atoms with Crippen LogP contribution in [0.1, 0.15) is 47.3 Å². The van der Waals surface area contributed by atoms with E-state index in [-0.39, 0.29) is 18.9 Å². The standard InChI is InChI=1S/C32H32N4O3S/c1-4-39-31(38)28-29(23-10-6-5-7-11-23)35-32-36(30(28)26-18-21(2)13-14-22(26)3)25(20-40-32)19-27(37)34-17-15-24-12-8-9-16-33-24/h5-14,16,18,20,30H,4,15,17,19H2,1-3H3,(H,34,37). The lowest BCUT2D eigenvalue weighted by atomic mass is 9.88. The molecule has 1 amide bonds. The second-order valence-corrected chi connectivity index (χ2v) is 10.5. The van der Waals surface area contributed by atoms with E-state index in [9.17, 15) is 9.59 Å². The van der Waals surface area contributed by atoms with Gasteiger partial charge >= 0.3 is 5.97 Å². The summed E-state index contributed by atoms with van der Waals surface area (Å²) in [5, 5.41) is 5.71. The normalized spacial score (nSPS) is 16.3. The lowest BCUT2D eigenvalue weighted by Crippen LogP contribution is -2.38. The van der Waals surface area contributed by atoms with Crippen LogP contribution in [-0.2, 0) is 20.7 Å². The molecule has 3 heterocycles. The number of carbonyl (C=O) groups is 2. The largest absolute Gasteiger partial charge is 0.463 e. The van der Waals surface area contributed by atoms with E-state index < -0.39 is 12.0 Å². The highest BCUT2D eigenvalue weighted by atomic mass is 32.2. The van der Waals surface area contributed by atoms with E-state index in [0.29, 0.717) is 24.2 Å². The van der Waals surface area contributed by atoms with Gasteiger partial charge in [-0.15, -0.1) is 0 Å². The minimum atomic E-state index is -0.496. The van der Waals surface area contributed by atoms with Gasteiger partial charge in [0.05, 0.1) is 30.3 Å². The molecule has 2 aliphatic rings. The number of pyridine rings is 1. The summed E-state index contributed by atoms with van der Waals surface area (Å²) in [7, 11) is 0. The third-order valence-corrected chi connectivity index (χ3v) is 7.74. The molecule has 40 heavy (non-hydrogen) atoms. The average Bonchev–Trinajstić information content (AvgIpc) is 3.36. The zero-order valence-electron chi connectivity index (χ0n) is 22.9. The number of fused-ring (bicyclic) bond motifs is 1. The van der Waals surface area contributed by atoms with Crippen molar-refractivity contribution in [2.75, 3.05) is 13.2 Å². The number of nitrogens with one attached hydrogen (secondary N) is 1. The second-order valence-electron chi connectivity index (χ2n) is 9.70. The number of nitrogens with zero attached hydrogens (tertiary/aromatic N) is 3. The molecule has 1 atom stereocenters. The average molecular weight is 553 g/mol. The van der Waals surface area contributed by atoms with Gasteiger partial charge < -0.3 is 15.0 Å². The molecule has 0 saturated carbocycles. The SMILES string of the molecule is CCOC(=O)C1=C(c2ccccc2)N=C2SC=C(CC(=O)NCCc3ccccn3)N2C1c1cc(C)ccc1C. The maximum Gasteiger partial charge on any atom is 0.338 e. The summed E-state index contributed by atoms with van der Waals surface area (Å²) in [6, 6.07) is 21.2. The van der Waals surface area contributed by atoms with E-state index in [0.717, 1.165) is 38.8 Å². The number of hydrogen-bond acceptors (Lipinski definition) is 7. The Morgan fingerprint density at radius 2 is 1.85 bits per heavy atom. The van der Waals surface area contributed by atoms with Gasteiger partial charge in [-0.1, -0.05) is 71.9 Å². The van der Waals surface area contributed by atoms with Gasteiger partial charge in [-0.2, -0.15) is 0 Å². The van der Waals surface area contributed by atoms with Crippen molar-refractivity contribution in [2.24, 2.45) is 4.99 Å². The fourth-order valence-electron chi connectivity index (χ4n) is 4.94. The first kappa shape index (κ1) is 27.4. The Morgan fingerprint density at radius 3 is 2.60 bits per heavy atom. The number of hydrogen-bond donors (Lipinski definition) is 1. The molecular weight excluding hydrogens is 520 g/mol. The maximum atomic E-state index is 13.7. The molecule has 0 radical (unpaired) electrons. The summed E-state index contributed by atoms with van der Waals surface area (Å²) in [5.41, 5.74) is 6.73. The molecule has 5 rings (SSSR count). The van der Waals surface area contributed by atoms with Gasteiger partial charge in [-0.05, 0) is 49.4 Å². The van der Waals surface area contributed by atoms with Crippen LogP contribution in [-0.4, -0.2) is 40.1 Å². The van der Waals surface area contributed by atoms with Crippen LogP contribution in [0.4, 0.5) is 0 Å². The number of aromatic nitrogens is 1. The first-order valence-electron chi connectivity index (χ1n) is 13.4. The summed E-state index contributed by atoms with van der Waals surface area (Å²) >= 11 is 1.47. The van der Waals surface area contributed by atoms with Crippen molar-refractivity contribution in [2.45, 2.75) is 39.7 Å². The molecule has 1 aromatic heterocycles. The van der Waals surface area contributed by atoms with E-state index in [4.69, 9.17) is 9.73 Å². The first-order chi connectivity index (χ1) is 19.5. The number of benzene rings is 2. The van der Waals surface area contributed by atoms with Gasteiger partial charge in [-0.25, -0.2) is 9.79 Å². The van der Waals surface area contributed by atoms with Crippen LogP contribution in [0.2, 0.25) is 0 Å². The van der Waals surface area contributed by atoms with Gasteiger partial charge in [0.2, 0.25) is 5.91 Å². The predicted molar refractivity (Wildman–Crippen MR) is 159 cm³/mol. The molecule has 0 fully saturated rings. The van der Waals surface area contributed by atoms with Gasteiger partial charge in [0.1, 0.15) is 0 Å². The molecule has 1 N–H and O–H groups in total. The summed E-state index contributed by atoms with van der Waals surface area (Å²) in [4.78, 5) is 38.1. The maximum absolute atomic E-state index is 13.7. The molecule has 3 aromatic rings. The van der Waals surface area contributed by atoms with E-state index in [2.05, 4.69) is 28.5 Å². The molecule has 2 aromatic carbocycles. The van der Waals surface area contributed by atoms with E-state index in [1.807, 2.05) is 72.7 Å². The number of rotatable bonds is 9. The highest BCUT2D eigenvalue weighted by molar-refractivity contribution is 8.16.